The van der Waals surface area contributed by atoms with Crippen LogP contribution in [0.4, 0.5) is 18.0 Å². The zero-order chi connectivity index (χ0) is 15.5. The number of likely N-dealkylation sites (tertiary alicyclic amines) is 1. The van der Waals surface area contributed by atoms with Crippen LogP contribution in [0.3, 0.4) is 0 Å². The van der Waals surface area contributed by atoms with Crippen LogP contribution in [0.25, 0.3) is 0 Å². The standard InChI is InChI=1S/C14H18F3N3O/c15-14(16,17)11-3-1-10(2-4-11)9-19-12-5-7-20(8-6-12)13(18)21/h1-4,12,19H,5-9H2,(H2,18,21). The number of alkyl halides is 3. The number of carbonyl (C=O) groups excluding carboxylic acids is 1. The summed E-state index contributed by atoms with van der Waals surface area (Å²) in [6.07, 6.45) is -2.71. The van der Waals surface area contributed by atoms with Gasteiger partial charge in [-0.3, -0.25) is 0 Å². The maximum absolute atomic E-state index is 12.4. The van der Waals surface area contributed by atoms with E-state index in [0.29, 0.717) is 19.6 Å². The summed E-state index contributed by atoms with van der Waals surface area (Å²) in [5, 5.41) is 3.30. The first-order valence-electron chi connectivity index (χ1n) is 6.80. The van der Waals surface area contributed by atoms with Crippen molar-refractivity contribution in [1.82, 2.24) is 10.2 Å². The molecule has 1 fully saturated rings. The Labute approximate surface area is 121 Å². The van der Waals surface area contributed by atoms with Crippen molar-refractivity contribution in [3.05, 3.63) is 35.4 Å². The molecule has 0 aliphatic carbocycles. The molecule has 1 aliphatic heterocycles. The van der Waals surface area contributed by atoms with E-state index in [1.54, 1.807) is 4.90 Å². The molecule has 0 saturated carbocycles. The quantitative estimate of drug-likeness (QED) is 0.900. The van der Waals surface area contributed by atoms with E-state index >= 15 is 0 Å². The number of nitrogens with two attached hydrogens (primary N) is 1. The fraction of sp³-hybridized carbons (Fsp3) is 0.500. The molecular formula is C14H18F3N3O. The van der Waals surface area contributed by atoms with Gasteiger partial charge in [-0.05, 0) is 30.5 Å². The summed E-state index contributed by atoms with van der Waals surface area (Å²) in [4.78, 5) is 12.6. The number of primary amides is 1. The van der Waals surface area contributed by atoms with E-state index in [9.17, 15) is 18.0 Å². The van der Waals surface area contributed by atoms with E-state index in [-0.39, 0.29) is 6.04 Å². The van der Waals surface area contributed by atoms with E-state index in [1.165, 1.54) is 12.1 Å². The molecule has 1 saturated heterocycles. The highest BCUT2D eigenvalue weighted by molar-refractivity contribution is 5.72. The third-order valence-corrected chi connectivity index (χ3v) is 3.68. The number of hydrogen-bond donors (Lipinski definition) is 2. The first kappa shape index (κ1) is 15.6. The highest BCUT2D eigenvalue weighted by Gasteiger charge is 2.29. The van der Waals surface area contributed by atoms with Crippen molar-refractivity contribution in [2.24, 2.45) is 5.73 Å². The Morgan fingerprint density at radius 3 is 2.29 bits per heavy atom. The van der Waals surface area contributed by atoms with Gasteiger partial charge in [0.25, 0.3) is 0 Å². The number of hydrogen-bond acceptors (Lipinski definition) is 2. The fourth-order valence-electron chi connectivity index (χ4n) is 2.38. The van der Waals surface area contributed by atoms with Crippen LogP contribution in [0.2, 0.25) is 0 Å². The predicted molar refractivity (Wildman–Crippen MR) is 72.5 cm³/mol. The smallest absolute Gasteiger partial charge is 0.351 e. The minimum absolute atomic E-state index is 0.253. The van der Waals surface area contributed by atoms with Crippen LogP contribution in [-0.2, 0) is 12.7 Å². The van der Waals surface area contributed by atoms with E-state index in [2.05, 4.69) is 5.32 Å². The molecule has 0 spiro atoms. The molecule has 0 bridgehead atoms. The Bertz CT molecular complexity index is 479. The van der Waals surface area contributed by atoms with E-state index in [4.69, 9.17) is 5.73 Å². The monoisotopic (exact) mass is 301 g/mol. The van der Waals surface area contributed by atoms with E-state index < -0.39 is 17.8 Å². The van der Waals surface area contributed by atoms with Gasteiger partial charge in [0.15, 0.2) is 0 Å². The fourth-order valence-corrected chi connectivity index (χ4v) is 2.38. The zero-order valence-electron chi connectivity index (χ0n) is 11.5. The van der Waals surface area contributed by atoms with Gasteiger partial charge in [-0.2, -0.15) is 13.2 Å². The van der Waals surface area contributed by atoms with Crippen molar-refractivity contribution in [2.75, 3.05) is 13.1 Å². The van der Waals surface area contributed by atoms with E-state index in [0.717, 1.165) is 30.5 Å². The van der Waals surface area contributed by atoms with Gasteiger partial charge in [0.05, 0.1) is 5.56 Å². The molecule has 0 radical (unpaired) electrons. The predicted octanol–water partition coefficient (Wildman–Crippen LogP) is 2.34. The van der Waals surface area contributed by atoms with Crippen molar-refractivity contribution in [1.29, 1.82) is 0 Å². The Hall–Kier alpha value is -1.76. The number of nitrogens with one attached hydrogen (secondary N) is 1. The summed E-state index contributed by atoms with van der Waals surface area (Å²) in [5.41, 5.74) is 5.37. The number of urea groups is 1. The molecule has 3 N–H and O–H groups in total. The van der Waals surface area contributed by atoms with Crippen molar-refractivity contribution in [3.8, 4) is 0 Å². The molecule has 7 heteroatoms. The SMILES string of the molecule is NC(=O)N1CCC(NCc2ccc(C(F)(F)F)cc2)CC1. The summed E-state index contributed by atoms with van der Waals surface area (Å²) in [5.74, 6) is 0. The molecule has 21 heavy (non-hydrogen) atoms. The topological polar surface area (TPSA) is 58.4 Å². The molecule has 116 valence electrons. The molecule has 4 nitrogen and oxygen atoms in total. The van der Waals surface area contributed by atoms with Gasteiger partial charge >= 0.3 is 12.2 Å². The third-order valence-electron chi connectivity index (χ3n) is 3.68. The highest BCUT2D eigenvalue weighted by atomic mass is 19.4. The maximum Gasteiger partial charge on any atom is 0.416 e. The van der Waals surface area contributed by atoms with Gasteiger partial charge in [0.2, 0.25) is 0 Å². The maximum atomic E-state index is 12.4. The first-order chi connectivity index (χ1) is 9.86. The molecule has 2 rings (SSSR count). The van der Waals surface area contributed by atoms with Crippen molar-refractivity contribution in [2.45, 2.75) is 31.6 Å². The van der Waals surface area contributed by atoms with Crippen molar-refractivity contribution < 1.29 is 18.0 Å². The third kappa shape index (κ3) is 4.35. The number of rotatable bonds is 3. The lowest BCUT2D eigenvalue weighted by Gasteiger charge is -2.31. The van der Waals surface area contributed by atoms with E-state index in [1.807, 2.05) is 0 Å². The summed E-state index contributed by atoms with van der Waals surface area (Å²) < 4.78 is 37.3. The lowest BCUT2D eigenvalue weighted by atomic mass is 10.0. The van der Waals surface area contributed by atoms with Crippen LogP contribution in [0.1, 0.15) is 24.0 Å². The van der Waals surface area contributed by atoms with Crippen LogP contribution in [0, 0.1) is 0 Å². The Morgan fingerprint density at radius 1 is 1.24 bits per heavy atom. The normalized spacial score (nSPS) is 17.0. The van der Waals surface area contributed by atoms with Gasteiger partial charge < -0.3 is 16.0 Å². The Morgan fingerprint density at radius 2 is 1.81 bits per heavy atom. The molecule has 2 amide bonds. The minimum Gasteiger partial charge on any atom is -0.351 e. The van der Waals surface area contributed by atoms with Crippen molar-refractivity contribution >= 4 is 6.03 Å². The first-order valence-corrected chi connectivity index (χ1v) is 6.80. The Balaban J connectivity index is 1.80. The summed E-state index contributed by atoms with van der Waals surface area (Å²) in [6.45, 7) is 1.74. The average molecular weight is 301 g/mol. The molecule has 0 aromatic heterocycles. The van der Waals surface area contributed by atoms with Gasteiger partial charge in [-0.1, -0.05) is 12.1 Å². The number of piperidine rings is 1. The van der Waals surface area contributed by atoms with Crippen LogP contribution >= 0.6 is 0 Å². The van der Waals surface area contributed by atoms with Gasteiger partial charge in [-0.15, -0.1) is 0 Å². The minimum atomic E-state index is -4.30. The van der Waals surface area contributed by atoms with Gasteiger partial charge in [0, 0.05) is 25.7 Å². The molecule has 1 heterocycles. The van der Waals surface area contributed by atoms with Crippen molar-refractivity contribution in [3.63, 3.8) is 0 Å². The number of amides is 2. The second-order valence-corrected chi connectivity index (χ2v) is 5.18. The number of nitrogens with zero attached hydrogens (tertiary/aromatic N) is 1. The molecular weight excluding hydrogens is 283 g/mol. The lowest BCUT2D eigenvalue weighted by molar-refractivity contribution is -0.137. The van der Waals surface area contributed by atoms with Crippen LogP contribution < -0.4 is 11.1 Å². The highest BCUT2D eigenvalue weighted by Crippen LogP contribution is 2.29. The molecule has 0 unspecified atom stereocenters. The molecule has 1 aromatic rings. The average Bonchev–Trinajstić information content (AvgIpc) is 2.45. The second kappa shape index (κ2) is 6.34. The lowest BCUT2D eigenvalue weighted by Crippen LogP contribution is -2.46. The second-order valence-electron chi connectivity index (χ2n) is 5.18. The Kier molecular flexibility index (Phi) is 4.72. The van der Waals surface area contributed by atoms with Gasteiger partial charge in [0.1, 0.15) is 0 Å². The van der Waals surface area contributed by atoms with Crippen LogP contribution in [0.5, 0.6) is 0 Å². The number of carbonyl (C=O) groups is 1. The van der Waals surface area contributed by atoms with Crippen LogP contribution in [0.15, 0.2) is 24.3 Å². The van der Waals surface area contributed by atoms with Gasteiger partial charge in [-0.25, -0.2) is 4.79 Å². The number of halogens is 3. The largest absolute Gasteiger partial charge is 0.416 e. The summed E-state index contributed by atoms with van der Waals surface area (Å²) in [6, 6.07) is 4.99. The zero-order valence-corrected chi connectivity index (χ0v) is 11.5. The van der Waals surface area contributed by atoms with Crippen LogP contribution in [-0.4, -0.2) is 30.1 Å². The molecule has 0 atom stereocenters. The number of benzene rings is 1. The molecule has 1 aromatic carbocycles. The summed E-state index contributed by atoms with van der Waals surface area (Å²) in [7, 11) is 0. The molecule has 1 aliphatic rings. The summed E-state index contributed by atoms with van der Waals surface area (Å²) >= 11 is 0.